The average molecular weight is 298 g/mol. The van der Waals surface area contributed by atoms with E-state index in [9.17, 15) is 9.90 Å². The monoisotopic (exact) mass is 298 g/mol. The van der Waals surface area contributed by atoms with Gasteiger partial charge in [-0.1, -0.05) is 13.3 Å². The van der Waals surface area contributed by atoms with Crippen LogP contribution in [0, 0.1) is 0 Å². The minimum atomic E-state index is -0.00490. The van der Waals surface area contributed by atoms with E-state index in [-0.39, 0.29) is 23.6 Å². The normalized spacial score (nSPS) is 22.2. The molecule has 1 fully saturated rings. The minimum absolute atomic E-state index is 0.00490. The molecule has 0 atom stereocenters. The molecule has 0 bridgehead atoms. The molecular weight excluding hydrogens is 264 g/mol. The first-order valence-electron chi connectivity index (χ1n) is 8.31. The number of unbranched alkanes of at least 4 members (excludes halogenated alkanes) is 1. The molecule has 1 amide bonds. The summed E-state index contributed by atoms with van der Waals surface area (Å²) in [4.78, 5) is 16.5. The summed E-state index contributed by atoms with van der Waals surface area (Å²) in [7, 11) is 0. The highest BCUT2D eigenvalue weighted by atomic mass is 16.3. The van der Waals surface area contributed by atoms with Gasteiger partial charge in [0.1, 0.15) is 0 Å². The van der Waals surface area contributed by atoms with Gasteiger partial charge in [-0.25, -0.2) is 0 Å². The molecule has 0 saturated carbocycles. The lowest BCUT2D eigenvalue weighted by Crippen LogP contribution is -2.65. The standard InChI is InChI=1S/C17H34N2O2/c1-7-8-9-18(14(2)21)15-12-16(3,4)19(10-11-20)17(5,6)13-15/h15,20H,7-13H2,1-6H3. The number of piperidine rings is 1. The topological polar surface area (TPSA) is 43.8 Å². The zero-order valence-corrected chi connectivity index (χ0v) is 14.8. The molecule has 0 spiro atoms. The number of nitrogens with zero attached hydrogens (tertiary/aromatic N) is 2. The first-order chi connectivity index (χ1) is 9.65. The highest BCUT2D eigenvalue weighted by molar-refractivity contribution is 5.73. The smallest absolute Gasteiger partial charge is 0.219 e. The van der Waals surface area contributed by atoms with Crippen LogP contribution in [0.25, 0.3) is 0 Å². The Kier molecular flexibility index (Phi) is 6.23. The molecule has 1 heterocycles. The van der Waals surface area contributed by atoms with Gasteiger partial charge >= 0.3 is 0 Å². The van der Waals surface area contributed by atoms with Crippen molar-refractivity contribution in [2.45, 2.75) is 84.3 Å². The molecule has 0 radical (unpaired) electrons. The maximum absolute atomic E-state index is 12.1. The van der Waals surface area contributed by atoms with E-state index in [1.165, 1.54) is 0 Å². The van der Waals surface area contributed by atoms with E-state index >= 15 is 0 Å². The Morgan fingerprint density at radius 1 is 1.24 bits per heavy atom. The molecule has 0 aromatic heterocycles. The fraction of sp³-hybridized carbons (Fsp3) is 0.941. The van der Waals surface area contributed by atoms with Crippen molar-refractivity contribution in [1.82, 2.24) is 9.80 Å². The summed E-state index contributed by atoms with van der Waals surface area (Å²) in [6, 6.07) is 0.300. The van der Waals surface area contributed by atoms with Crippen LogP contribution in [0.5, 0.6) is 0 Å². The van der Waals surface area contributed by atoms with E-state index in [0.29, 0.717) is 12.6 Å². The van der Waals surface area contributed by atoms with Crippen LogP contribution in [0.1, 0.15) is 67.2 Å². The molecule has 0 aromatic carbocycles. The quantitative estimate of drug-likeness (QED) is 0.820. The number of β-amino-alcohol motifs (C(OH)–C–C–N with tert-alkyl or cyclic N) is 1. The highest BCUT2D eigenvalue weighted by Crippen LogP contribution is 2.40. The van der Waals surface area contributed by atoms with Crippen LogP contribution < -0.4 is 0 Å². The first-order valence-corrected chi connectivity index (χ1v) is 8.31. The molecule has 0 aliphatic carbocycles. The molecule has 1 saturated heterocycles. The van der Waals surface area contributed by atoms with E-state index in [4.69, 9.17) is 0 Å². The van der Waals surface area contributed by atoms with E-state index in [1.54, 1.807) is 6.92 Å². The molecule has 4 heteroatoms. The van der Waals surface area contributed by atoms with Crippen molar-refractivity contribution in [2.24, 2.45) is 0 Å². The fourth-order valence-corrected chi connectivity index (χ4v) is 4.12. The van der Waals surface area contributed by atoms with Crippen LogP contribution >= 0.6 is 0 Å². The molecule has 4 nitrogen and oxygen atoms in total. The number of aliphatic hydroxyl groups excluding tert-OH is 1. The van der Waals surface area contributed by atoms with E-state index < -0.39 is 0 Å². The van der Waals surface area contributed by atoms with E-state index in [1.807, 2.05) is 0 Å². The summed E-state index contributed by atoms with van der Waals surface area (Å²) < 4.78 is 0. The zero-order chi connectivity index (χ0) is 16.3. The Balaban J connectivity index is 2.94. The fourth-order valence-electron chi connectivity index (χ4n) is 4.12. The number of rotatable bonds is 6. The number of aliphatic hydroxyl groups is 1. The lowest BCUT2D eigenvalue weighted by Gasteiger charge is -2.57. The molecule has 1 rings (SSSR count). The summed E-state index contributed by atoms with van der Waals surface area (Å²) in [5, 5.41) is 9.36. The third-order valence-corrected chi connectivity index (χ3v) is 4.85. The molecule has 21 heavy (non-hydrogen) atoms. The Bertz CT molecular complexity index is 335. The van der Waals surface area contributed by atoms with Crippen molar-refractivity contribution in [3.05, 3.63) is 0 Å². The van der Waals surface area contributed by atoms with Crippen molar-refractivity contribution in [2.75, 3.05) is 19.7 Å². The molecule has 1 aliphatic heterocycles. The van der Waals surface area contributed by atoms with Crippen LogP contribution in [0.2, 0.25) is 0 Å². The van der Waals surface area contributed by atoms with Gasteiger partial charge in [-0.2, -0.15) is 0 Å². The van der Waals surface area contributed by atoms with E-state index in [0.717, 1.165) is 32.2 Å². The van der Waals surface area contributed by atoms with Gasteiger partial charge in [0, 0.05) is 37.1 Å². The summed E-state index contributed by atoms with van der Waals surface area (Å²) >= 11 is 0. The van der Waals surface area contributed by atoms with Gasteiger partial charge < -0.3 is 10.0 Å². The van der Waals surface area contributed by atoms with Crippen LogP contribution in [0.4, 0.5) is 0 Å². The lowest BCUT2D eigenvalue weighted by atomic mass is 9.76. The third kappa shape index (κ3) is 4.43. The Hall–Kier alpha value is -0.610. The SMILES string of the molecule is CCCCN(C(C)=O)C1CC(C)(C)N(CCO)C(C)(C)C1. The summed E-state index contributed by atoms with van der Waals surface area (Å²) in [5.41, 5.74) is -0.00980. The van der Waals surface area contributed by atoms with Gasteiger partial charge in [0.05, 0.1) is 6.61 Å². The second-order valence-corrected chi connectivity index (χ2v) is 7.63. The molecule has 1 aliphatic rings. The Morgan fingerprint density at radius 2 is 1.76 bits per heavy atom. The number of hydrogen-bond acceptors (Lipinski definition) is 3. The summed E-state index contributed by atoms with van der Waals surface area (Å²) in [6.45, 7) is 14.5. The third-order valence-electron chi connectivity index (χ3n) is 4.85. The molecule has 0 aromatic rings. The number of amides is 1. The van der Waals surface area contributed by atoms with Crippen LogP contribution in [-0.2, 0) is 4.79 Å². The average Bonchev–Trinajstić information content (AvgIpc) is 2.33. The number of carbonyl (C=O) groups excluding carboxylic acids is 1. The van der Waals surface area contributed by atoms with Gasteiger partial charge in [0.15, 0.2) is 0 Å². The van der Waals surface area contributed by atoms with Gasteiger partial charge in [-0.3, -0.25) is 9.69 Å². The van der Waals surface area contributed by atoms with Crippen molar-refractivity contribution in [1.29, 1.82) is 0 Å². The van der Waals surface area contributed by atoms with Gasteiger partial charge in [-0.05, 0) is 47.0 Å². The first kappa shape index (κ1) is 18.4. The van der Waals surface area contributed by atoms with Crippen LogP contribution in [0.3, 0.4) is 0 Å². The number of likely N-dealkylation sites (tertiary alicyclic amines) is 1. The minimum Gasteiger partial charge on any atom is -0.395 e. The second-order valence-electron chi connectivity index (χ2n) is 7.63. The lowest BCUT2D eigenvalue weighted by molar-refractivity contribution is -0.137. The predicted octanol–water partition coefficient (Wildman–Crippen LogP) is 2.65. The van der Waals surface area contributed by atoms with Gasteiger partial charge in [-0.15, -0.1) is 0 Å². The highest BCUT2D eigenvalue weighted by Gasteiger charge is 2.46. The van der Waals surface area contributed by atoms with Crippen LogP contribution in [0.15, 0.2) is 0 Å². The maximum atomic E-state index is 12.1. The van der Waals surface area contributed by atoms with E-state index in [2.05, 4.69) is 44.4 Å². The van der Waals surface area contributed by atoms with Gasteiger partial charge in [0.2, 0.25) is 5.91 Å². The summed E-state index contributed by atoms with van der Waals surface area (Å²) in [5.74, 6) is 0.190. The summed E-state index contributed by atoms with van der Waals surface area (Å²) in [6.07, 6.45) is 4.12. The largest absolute Gasteiger partial charge is 0.395 e. The molecule has 1 N–H and O–H groups in total. The number of carbonyl (C=O) groups is 1. The molecular formula is C17H34N2O2. The molecule has 124 valence electrons. The Labute approximate surface area is 130 Å². The van der Waals surface area contributed by atoms with Crippen molar-refractivity contribution >= 4 is 5.91 Å². The number of hydrogen-bond donors (Lipinski definition) is 1. The van der Waals surface area contributed by atoms with Crippen LogP contribution in [-0.4, -0.2) is 57.6 Å². The van der Waals surface area contributed by atoms with Crippen molar-refractivity contribution in [3.63, 3.8) is 0 Å². The molecule has 0 unspecified atom stereocenters. The second kappa shape index (κ2) is 7.10. The maximum Gasteiger partial charge on any atom is 0.219 e. The van der Waals surface area contributed by atoms with Crippen molar-refractivity contribution < 1.29 is 9.90 Å². The predicted molar refractivity (Wildman–Crippen MR) is 87.3 cm³/mol. The zero-order valence-electron chi connectivity index (χ0n) is 14.8. The van der Waals surface area contributed by atoms with Gasteiger partial charge in [0.25, 0.3) is 0 Å². The van der Waals surface area contributed by atoms with Crippen molar-refractivity contribution in [3.8, 4) is 0 Å². The Morgan fingerprint density at radius 3 is 2.14 bits per heavy atom.